The van der Waals surface area contributed by atoms with Crippen molar-refractivity contribution >= 4 is 12.2 Å². The molecule has 1 heterocycles. The zero-order valence-electron chi connectivity index (χ0n) is 7.47. The molecule has 1 fully saturated rings. The van der Waals surface area contributed by atoms with E-state index in [1.807, 2.05) is 6.92 Å². The van der Waals surface area contributed by atoms with E-state index in [2.05, 4.69) is 9.99 Å². The third-order valence-corrected chi connectivity index (χ3v) is 1.75. The summed E-state index contributed by atoms with van der Waals surface area (Å²) in [5, 5.41) is 11.7. The van der Waals surface area contributed by atoms with E-state index in [0.29, 0.717) is 0 Å². The molecule has 0 bridgehead atoms. The molecule has 0 radical (unpaired) electrons. The van der Waals surface area contributed by atoms with E-state index in [1.54, 1.807) is 0 Å². The van der Waals surface area contributed by atoms with Crippen molar-refractivity contribution < 1.29 is 19.5 Å². The van der Waals surface area contributed by atoms with Crippen molar-refractivity contribution in [3.8, 4) is 0 Å². The number of rotatable bonds is 4. The van der Waals surface area contributed by atoms with Gasteiger partial charge in [0.2, 0.25) is 6.61 Å². The van der Waals surface area contributed by atoms with Crippen molar-refractivity contribution in [1.29, 1.82) is 0 Å². The molecule has 0 aromatic rings. The summed E-state index contributed by atoms with van der Waals surface area (Å²) in [4.78, 5) is 14.5. The maximum atomic E-state index is 10.0. The number of ether oxygens (including phenoxy) is 1. The van der Waals surface area contributed by atoms with Crippen molar-refractivity contribution in [3.63, 3.8) is 0 Å². The molecule has 0 aromatic carbocycles. The summed E-state index contributed by atoms with van der Waals surface area (Å²) < 4.78 is 5.39. The van der Waals surface area contributed by atoms with Gasteiger partial charge in [-0.1, -0.05) is 5.16 Å². The average Bonchev–Trinajstić information content (AvgIpc) is 2.45. The third kappa shape index (κ3) is 3.89. The fourth-order valence-electron chi connectivity index (χ4n) is 1.15. The van der Waals surface area contributed by atoms with Gasteiger partial charge in [0, 0.05) is 0 Å². The number of aliphatic carboxylic acids is 1. The van der Waals surface area contributed by atoms with Crippen LogP contribution in [0, 0.1) is 0 Å². The Morgan fingerprint density at radius 3 is 3.08 bits per heavy atom. The lowest BCUT2D eigenvalue weighted by Crippen LogP contribution is -2.10. The van der Waals surface area contributed by atoms with E-state index < -0.39 is 12.6 Å². The molecule has 0 aliphatic carbocycles. The summed E-state index contributed by atoms with van der Waals surface area (Å²) >= 11 is 0. The molecule has 5 nitrogen and oxygen atoms in total. The topological polar surface area (TPSA) is 68.1 Å². The van der Waals surface area contributed by atoms with Crippen LogP contribution in [0.25, 0.3) is 0 Å². The predicted molar refractivity (Wildman–Crippen MR) is 45.6 cm³/mol. The van der Waals surface area contributed by atoms with Crippen molar-refractivity contribution in [3.05, 3.63) is 0 Å². The number of hydrogen-bond acceptors (Lipinski definition) is 4. The standard InChI is InChI=1S/C8H13NO4/c1-6-2-3-7(13-6)4-9-12-5-8(10)11/h4,6-7H,2-3,5H2,1H3,(H,10,11). The van der Waals surface area contributed by atoms with Gasteiger partial charge in [0.25, 0.3) is 0 Å². The normalized spacial score (nSPS) is 28.1. The van der Waals surface area contributed by atoms with Gasteiger partial charge in [0.1, 0.15) is 0 Å². The van der Waals surface area contributed by atoms with E-state index in [0.717, 1.165) is 12.8 Å². The molecule has 74 valence electrons. The minimum absolute atomic E-state index is 0.0243. The van der Waals surface area contributed by atoms with Gasteiger partial charge in [-0.25, -0.2) is 4.79 Å². The van der Waals surface area contributed by atoms with Gasteiger partial charge >= 0.3 is 5.97 Å². The highest BCUT2D eigenvalue weighted by Crippen LogP contribution is 2.17. The number of oxime groups is 1. The molecule has 5 heteroatoms. The average molecular weight is 187 g/mol. The van der Waals surface area contributed by atoms with E-state index in [4.69, 9.17) is 9.84 Å². The summed E-state index contributed by atoms with van der Waals surface area (Å²) in [7, 11) is 0. The minimum atomic E-state index is -1.03. The highest BCUT2D eigenvalue weighted by Gasteiger charge is 2.19. The van der Waals surface area contributed by atoms with Crippen LogP contribution in [0.1, 0.15) is 19.8 Å². The first-order chi connectivity index (χ1) is 6.18. The maximum absolute atomic E-state index is 10.0. The first kappa shape index (κ1) is 9.98. The lowest BCUT2D eigenvalue weighted by Gasteiger charge is -2.03. The largest absolute Gasteiger partial charge is 0.479 e. The molecular weight excluding hydrogens is 174 g/mol. The quantitative estimate of drug-likeness (QED) is 0.518. The fourth-order valence-corrected chi connectivity index (χ4v) is 1.15. The lowest BCUT2D eigenvalue weighted by molar-refractivity contribution is -0.142. The zero-order valence-corrected chi connectivity index (χ0v) is 7.47. The van der Waals surface area contributed by atoms with Crippen molar-refractivity contribution in [2.75, 3.05) is 6.61 Å². The molecule has 0 saturated carbocycles. The van der Waals surface area contributed by atoms with E-state index in [9.17, 15) is 4.79 Å². The molecule has 0 spiro atoms. The highest BCUT2D eigenvalue weighted by atomic mass is 16.6. The van der Waals surface area contributed by atoms with Gasteiger partial charge in [-0.15, -0.1) is 0 Å². The van der Waals surface area contributed by atoms with Crippen LogP contribution < -0.4 is 0 Å². The lowest BCUT2D eigenvalue weighted by atomic mass is 10.2. The van der Waals surface area contributed by atoms with Crippen LogP contribution in [0.4, 0.5) is 0 Å². The van der Waals surface area contributed by atoms with Crippen LogP contribution >= 0.6 is 0 Å². The van der Waals surface area contributed by atoms with Crippen LogP contribution in [0.2, 0.25) is 0 Å². The van der Waals surface area contributed by atoms with Crippen LogP contribution in [-0.2, 0) is 14.4 Å². The smallest absolute Gasteiger partial charge is 0.344 e. The Labute approximate surface area is 76.3 Å². The fraction of sp³-hybridized carbons (Fsp3) is 0.750. The number of carbonyl (C=O) groups is 1. The Hall–Kier alpha value is -1.10. The van der Waals surface area contributed by atoms with Crippen molar-refractivity contribution in [2.24, 2.45) is 5.16 Å². The third-order valence-electron chi connectivity index (χ3n) is 1.75. The molecule has 1 rings (SSSR count). The van der Waals surface area contributed by atoms with E-state index >= 15 is 0 Å². The summed E-state index contributed by atoms with van der Waals surface area (Å²) in [6.07, 6.45) is 3.67. The van der Waals surface area contributed by atoms with Gasteiger partial charge in [-0.05, 0) is 19.8 Å². The molecule has 1 aliphatic heterocycles. The Balaban J connectivity index is 2.13. The van der Waals surface area contributed by atoms with Gasteiger partial charge in [0.05, 0.1) is 18.4 Å². The number of carboxylic acid groups (broad SMARTS) is 1. The van der Waals surface area contributed by atoms with Crippen LogP contribution in [0.5, 0.6) is 0 Å². The van der Waals surface area contributed by atoms with E-state index in [1.165, 1.54) is 6.21 Å². The monoisotopic (exact) mass is 187 g/mol. The Bertz CT molecular complexity index is 204. The molecule has 13 heavy (non-hydrogen) atoms. The van der Waals surface area contributed by atoms with E-state index in [-0.39, 0.29) is 12.2 Å². The molecule has 1 saturated heterocycles. The predicted octanol–water partition coefficient (Wildman–Crippen LogP) is 0.641. The first-order valence-electron chi connectivity index (χ1n) is 4.21. The Morgan fingerprint density at radius 1 is 1.77 bits per heavy atom. The summed E-state index contributed by atoms with van der Waals surface area (Å²) in [5.74, 6) is -1.03. The number of nitrogens with zero attached hydrogens (tertiary/aromatic N) is 1. The van der Waals surface area contributed by atoms with Gasteiger partial charge in [-0.3, -0.25) is 0 Å². The van der Waals surface area contributed by atoms with Gasteiger partial charge in [-0.2, -0.15) is 0 Å². The maximum Gasteiger partial charge on any atom is 0.344 e. The minimum Gasteiger partial charge on any atom is -0.479 e. The highest BCUT2D eigenvalue weighted by molar-refractivity contribution is 5.68. The molecule has 0 aromatic heterocycles. The first-order valence-corrected chi connectivity index (χ1v) is 4.21. The van der Waals surface area contributed by atoms with Crippen LogP contribution in [0.15, 0.2) is 5.16 Å². The summed E-state index contributed by atoms with van der Waals surface area (Å²) in [6, 6.07) is 0. The zero-order chi connectivity index (χ0) is 9.68. The van der Waals surface area contributed by atoms with Crippen LogP contribution in [-0.4, -0.2) is 36.1 Å². The number of carboxylic acids is 1. The van der Waals surface area contributed by atoms with Crippen molar-refractivity contribution in [2.45, 2.75) is 32.0 Å². The molecular formula is C8H13NO4. The summed E-state index contributed by atoms with van der Waals surface area (Å²) in [6.45, 7) is 1.59. The molecule has 1 N–H and O–H groups in total. The second-order valence-electron chi connectivity index (χ2n) is 2.98. The molecule has 2 atom stereocenters. The summed E-state index contributed by atoms with van der Waals surface area (Å²) in [5.41, 5.74) is 0. The molecule has 0 amide bonds. The Kier molecular flexibility index (Phi) is 3.70. The molecule has 2 unspecified atom stereocenters. The SMILES string of the molecule is CC1CCC(C=NOCC(=O)O)O1. The second kappa shape index (κ2) is 4.81. The van der Waals surface area contributed by atoms with Gasteiger partial charge < -0.3 is 14.7 Å². The second-order valence-corrected chi connectivity index (χ2v) is 2.98. The van der Waals surface area contributed by atoms with Crippen molar-refractivity contribution in [1.82, 2.24) is 0 Å². The van der Waals surface area contributed by atoms with Gasteiger partial charge in [0.15, 0.2) is 0 Å². The Morgan fingerprint density at radius 2 is 2.54 bits per heavy atom. The van der Waals surface area contributed by atoms with Crippen LogP contribution in [0.3, 0.4) is 0 Å². The molecule has 1 aliphatic rings. The number of hydrogen-bond donors (Lipinski definition) is 1.